The molecule has 15 heavy (non-hydrogen) atoms. The summed E-state index contributed by atoms with van der Waals surface area (Å²) in [6.07, 6.45) is 1.06. The maximum Gasteiger partial charge on any atom is 0.0474 e. The molecule has 1 unspecified atom stereocenters. The van der Waals surface area contributed by atoms with E-state index in [0.29, 0.717) is 6.04 Å². The number of ether oxygens (including phenoxy) is 1. The van der Waals surface area contributed by atoms with Crippen molar-refractivity contribution in [3.63, 3.8) is 0 Å². The third-order valence-corrected chi connectivity index (χ3v) is 3.06. The lowest BCUT2D eigenvalue weighted by Gasteiger charge is -2.14. The molecule has 0 amide bonds. The summed E-state index contributed by atoms with van der Waals surface area (Å²) >= 11 is 2.32. The van der Waals surface area contributed by atoms with E-state index in [1.54, 1.807) is 7.11 Å². The van der Waals surface area contributed by atoms with E-state index in [1.807, 2.05) is 0 Å². The van der Waals surface area contributed by atoms with Crippen LogP contribution in [0.1, 0.15) is 24.9 Å². The Morgan fingerprint density at radius 1 is 1.33 bits per heavy atom. The van der Waals surface area contributed by atoms with Crippen molar-refractivity contribution in [3.8, 4) is 0 Å². The van der Waals surface area contributed by atoms with E-state index in [9.17, 15) is 0 Å². The summed E-state index contributed by atoms with van der Waals surface area (Å²) in [6.45, 7) is 4.02. The molecule has 0 bridgehead atoms. The first-order chi connectivity index (χ1) is 7.24. The van der Waals surface area contributed by atoms with Crippen molar-refractivity contribution >= 4 is 22.6 Å². The van der Waals surface area contributed by atoms with Gasteiger partial charge in [-0.25, -0.2) is 0 Å². The Labute approximate surface area is 106 Å². The fraction of sp³-hybridized carbons (Fsp3) is 0.500. The van der Waals surface area contributed by atoms with Gasteiger partial charge in [0.1, 0.15) is 0 Å². The third-order valence-electron chi connectivity index (χ3n) is 2.35. The first-order valence-corrected chi connectivity index (χ1v) is 6.29. The number of rotatable bonds is 6. The second-order valence-electron chi connectivity index (χ2n) is 3.57. The number of hydrogen-bond donors (Lipinski definition) is 1. The molecule has 1 aromatic rings. The van der Waals surface area contributed by atoms with Gasteiger partial charge in [-0.1, -0.05) is 12.1 Å². The molecule has 0 spiro atoms. The minimum atomic E-state index is 0.416. The van der Waals surface area contributed by atoms with Crippen molar-refractivity contribution < 1.29 is 4.74 Å². The zero-order chi connectivity index (χ0) is 11.1. The van der Waals surface area contributed by atoms with Gasteiger partial charge in [0.15, 0.2) is 0 Å². The fourth-order valence-electron chi connectivity index (χ4n) is 1.40. The van der Waals surface area contributed by atoms with Crippen molar-refractivity contribution in [1.29, 1.82) is 0 Å². The first-order valence-electron chi connectivity index (χ1n) is 5.22. The number of methoxy groups -OCH3 is 1. The minimum Gasteiger partial charge on any atom is -0.385 e. The summed E-state index contributed by atoms with van der Waals surface area (Å²) in [5.41, 5.74) is 1.34. The van der Waals surface area contributed by atoms with E-state index in [2.05, 4.69) is 59.1 Å². The van der Waals surface area contributed by atoms with Gasteiger partial charge >= 0.3 is 0 Å². The van der Waals surface area contributed by atoms with Crippen LogP contribution < -0.4 is 5.32 Å². The molecule has 84 valence electrons. The van der Waals surface area contributed by atoms with E-state index in [0.717, 1.165) is 19.6 Å². The number of nitrogens with one attached hydrogen (secondary N) is 1. The topological polar surface area (TPSA) is 21.3 Å². The van der Waals surface area contributed by atoms with Gasteiger partial charge in [0.25, 0.3) is 0 Å². The van der Waals surface area contributed by atoms with Gasteiger partial charge in [-0.2, -0.15) is 0 Å². The van der Waals surface area contributed by atoms with Crippen molar-refractivity contribution in [2.45, 2.75) is 19.4 Å². The fourth-order valence-corrected chi connectivity index (χ4v) is 1.76. The lowest BCUT2D eigenvalue weighted by Crippen LogP contribution is -2.20. The predicted octanol–water partition coefficient (Wildman–Crippen LogP) is 2.98. The first kappa shape index (κ1) is 12.9. The molecule has 2 nitrogen and oxygen atoms in total. The quantitative estimate of drug-likeness (QED) is 0.643. The van der Waals surface area contributed by atoms with Gasteiger partial charge in [-0.05, 0) is 60.2 Å². The van der Waals surface area contributed by atoms with E-state index in [4.69, 9.17) is 4.74 Å². The monoisotopic (exact) mass is 319 g/mol. The number of hydrogen-bond acceptors (Lipinski definition) is 2. The Kier molecular flexibility index (Phi) is 6.20. The van der Waals surface area contributed by atoms with Gasteiger partial charge < -0.3 is 10.1 Å². The smallest absolute Gasteiger partial charge is 0.0474 e. The molecular weight excluding hydrogens is 301 g/mol. The van der Waals surface area contributed by atoms with Gasteiger partial charge in [0.05, 0.1) is 0 Å². The summed E-state index contributed by atoms with van der Waals surface area (Å²) < 4.78 is 6.28. The Hall–Kier alpha value is -0.130. The Morgan fingerprint density at radius 2 is 2.00 bits per heavy atom. The highest BCUT2D eigenvalue weighted by molar-refractivity contribution is 14.1. The summed E-state index contributed by atoms with van der Waals surface area (Å²) in [4.78, 5) is 0. The van der Waals surface area contributed by atoms with Crippen molar-refractivity contribution in [2.24, 2.45) is 0 Å². The maximum atomic E-state index is 5.00. The van der Waals surface area contributed by atoms with Crippen molar-refractivity contribution in [1.82, 2.24) is 5.32 Å². The lowest BCUT2D eigenvalue weighted by molar-refractivity contribution is 0.193. The second kappa shape index (κ2) is 7.19. The molecule has 0 fully saturated rings. The van der Waals surface area contributed by atoms with E-state index < -0.39 is 0 Å². The molecule has 0 aromatic heterocycles. The lowest BCUT2D eigenvalue weighted by atomic mass is 10.1. The van der Waals surface area contributed by atoms with Gasteiger partial charge in [0, 0.05) is 23.3 Å². The molecule has 0 radical (unpaired) electrons. The van der Waals surface area contributed by atoms with Crippen LogP contribution in [0.3, 0.4) is 0 Å². The molecule has 0 saturated heterocycles. The highest BCUT2D eigenvalue weighted by Crippen LogP contribution is 2.14. The standard InChI is InChI=1S/C12H18INO/c1-10(14-8-3-9-15-2)11-4-6-12(13)7-5-11/h4-7,10,14H,3,8-9H2,1-2H3. The molecule has 0 aliphatic carbocycles. The molecule has 0 heterocycles. The normalized spacial score (nSPS) is 12.7. The summed E-state index contributed by atoms with van der Waals surface area (Å²) in [6, 6.07) is 9.05. The molecule has 1 aromatic carbocycles. The maximum absolute atomic E-state index is 5.00. The van der Waals surface area contributed by atoms with Gasteiger partial charge in [-0.15, -0.1) is 0 Å². The molecule has 3 heteroatoms. The molecule has 1 atom stereocenters. The van der Waals surface area contributed by atoms with Crippen LogP contribution in [0.25, 0.3) is 0 Å². The summed E-state index contributed by atoms with van der Waals surface area (Å²) in [5.74, 6) is 0. The Balaban J connectivity index is 2.33. The zero-order valence-electron chi connectivity index (χ0n) is 9.29. The number of halogens is 1. The molecule has 1 rings (SSSR count). The molecule has 1 N–H and O–H groups in total. The summed E-state index contributed by atoms with van der Waals surface area (Å²) in [5, 5.41) is 3.47. The van der Waals surface area contributed by atoms with Crippen molar-refractivity contribution in [3.05, 3.63) is 33.4 Å². The van der Waals surface area contributed by atoms with Crippen LogP contribution in [0.15, 0.2) is 24.3 Å². The summed E-state index contributed by atoms with van der Waals surface area (Å²) in [7, 11) is 1.74. The number of benzene rings is 1. The average molecular weight is 319 g/mol. The zero-order valence-corrected chi connectivity index (χ0v) is 11.5. The van der Waals surface area contributed by atoms with Gasteiger partial charge in [-0.3, -0.25) is 0 Å². The van der Waals surface area contributed by atoms with Crippen LogP contribution >= 0.6 is 22.6 Å². The molecule has 0 aliphatic rings. The minimum absolute atomic E-state index is 0.416. The van der Waals surface area contributed by atoms with Crippen LogP contribution in [0, 0.1) is 3.57 Å². The molecular formula is C12H18INO. The van der Waals surface area contributed by atoms with Crippen LogP contribution in [-0.4, -0.2) is 20.3 Å². The van der Waals surface area contributed by atoms with Crippen LogP contribution in [0.5, 0.6) is 0 Å². The molecule has 0 saturated carbocycles. The van der Waals surface area contributed by atoms with Crippen LogP contribution in [-0.2, 0) is 4.74 Å². The van der Waals surface area contributed by atoms with E-state index >= 15 is 0 Å². The Bertz CT molecular complexity index is 273. The van der Waals surface area contributed by atoms with Gasteiger partial charge in [0.2, 0.25) is 0 Å². The molecule has 0 aliphatic heterocycles. The van der Waals surface area contributed by atoms with Crippen LogP contribution in [0.2, 0.25) is 0 Å². The van der Waals surface area contributed by atoms with Crippen molar-refractivity contribution in [2.75, 3.05) is 20.3 Å². The van der Waals surface area contributed by atoms with E-state index in [-0.39, 0.29) is 0 Å². The highest BCUT2D eigenvalue weighted by atomic mass is 127. The SMILES string of the molecule is COCCCNC(C)c1ccc(I)cc1. The van der Waals surface area contributed by atoms with E-state index in [1.165, 1.54) is 9.13 Å². The average Bonchev–Trinajstić information content (AvgIpc) is 2.25. The highest BCUT2D eigenvalue weighted by Gasteiger charge is 2.03. The third kappa shape index (κ3) is 4.95. The van der Waals surface area contributed by atoms with Crippen LogP contribution in [0.4, 0.5) is 0 Å². The predicted molar refractivity (Wildman–Crippen MR) is 72.1 cm³/mol. The largest absolute Gasteiger partial charge is 0.385 e. The second-order valence-corrected chi connectivity index (χ2v) is 4.82. The Morgan fingerprint density at radius 3 is 2.60 bits per heavy atom.